The molecule has 0 amide bonds. The molecule has 0 fully saturated rings. The molecule has 23 heavy (non-hydrogen) atoms. The summed E-state index contributed by atoms with van der Waals surface area (Å²) in [5.74, 6) is -0.207. The number of rotatable bonds is 4. The minimum atomic E-state index is -0.523. The van der Waals surface area contributed by atoms with Crippen molar-refractivity contribution in [2.45, 2.75) is 45.0 Å². The first-order valence-electron chi connectivity index (χ1n) is 7.26. The lowest BCUT2D eigenvalue weighted by atomic mass is 10.2. The number of carbonyl (C=O) groups is 1. The number of thioether (sulfide) groups is 1. The lowest BCUT2D eigenvalue weighted by Crippen LogP contribution is -2.26. The molecule has 0 spiro atoms. The van der Waals surface area contributed by atoms with Crippen LogP contribution in [-0.2, 0) is 16.1 Å². The van der Waals surface area contributed by atoms with Gasteiger partial charge in [0.1, 0.15) is 5.60 Å². The van der Waals surface area contributed by atoms with Crippen molar-refractivity contribution in [3.63, 3.8) is 0 Å². The zero-order chi connectivity index (χ0) is 17.2. The molecule has 0 N–H and O–H groups in total. The summed E-state index contributed by atoms with van der Waals surface area (Å²) in [5, 5.41) is 1.08. The smallest absolute Gasteiger partial charge is 0.316 e. The molecule has 2 rings (SSSR count). The quantitative estimate of drug-likeness (QED) is 0.447. The van der Waals surface area contributed by atoms with Crippen molar-refractivity contribution in [3.8, 4) is 0 Å². The fourth-order valence-corrected chi connectivity index (χ4v) is 3.25. The minimum absolute atomic E-state index is 0.106. The highest BCUT2D eigenvalue weighted by Gasteiger charge is 2.18. The number of aromatic nitrogens is 2. The van der Waals surface area contributed by atoms with E-state index >= 15 is 0 Å². The topological polar surface area (TPSA) is 61.2 Å². The SMILES string of the molecule is CCn1c(SCC(=O)OC(C)(C)C)nc2ccc(Br)cc2c1=O. The third kappa shape index (κ3) is 4.57. The normalized spacial score (nSPS) is 11.7. The van der Waals surface area contributed by atoms with Gasteiger partial charge in [-0.1, -0.05) is 27.7 Å². The van der Waals surface area contributed by atoms with Crippen molar-refractivity contribution in [3.05, 3.63) is 33.0 Å². The van der Waals surface area contributed by atoms with E-state index < -0.39 is 5.60 Å². The van der Waals surface area contributed by atoms with Gasteiger partial charge in [0.25, 0.3) is 5.56 Å². The Bertz CT molecular complexity index is 796. The van der Waals surface area contributed by atoms with Crippen LogP contribution in [0.25, 0.3) is 10.9 Å². The standard InChI is InChI=1S/C16H19BrN2O3S/c1-5-19-14(21)11-8-10(17)6-7-12(11)18-15(19)23-9-13(20)22-16(2,3)4/h6-8H,5,9H2,1-4H3. The van der Waals surface area contributed by atoms with Crippen LogP contribution in [0.15, 0.2) is 32.6 Å². The van der Waals surface area contributed by atoms with Crippen molar-refractivity contribution in [2.75, 3.05) is 5.75 Å². The Hall–Kier alpha value is -1.34. The molecule has 0 saturated heterocycles. The van der Waals surface area contributed by atoms with Gasteiger partial charge in [0, 0.05) is 11.0 Å². The number of carbonyl (C=O) groups excluding carboxylic acids is 1. The van der Waals surface area contributed by atoms with E-state index in [4.69, 9.17) is 4.74 Å². The average molecular weight is 399 g/mol. The van der Waals surface area contributed by atoms with Gasteiger partial charge in [0.2, 0.25) is 0 Å². The predicted octanol–water partition coefficient (Wildman–Crippen LogP) is 3.61. The van der Waals surface area contributed by atoms with E-state index in [1.807, 2.05) is 33.8 Å². The first-order chi connectivity index (χ1) is 10.7. The number of esters is 1. The summed E-state index contributed by atoms with van der Waals surface area (Å²) in [6.45, 7) is 7.84. The van der Waals surface area contributed by atoms with Crippen LogP contribution in [0.1, 0.15) is 27.7 Å². The highest BCUT2D eigenvalue weighted by molar-refractivity contribution is 9.10. The predicted molar refractivity (Wildman–Crippen MR) is 95.9 cm³/mol. The van der Waals surface area contributed by atoms with Crippen molar-refractivity contribution in [1.29, 1.82) is 0 Å². The molecule has 1 aromatic carbocycles. The van der Waals surface area contributed by atoms with Gasteiger partial charge in [-0.3, -0.25) is 14.2 Å². The lowest BCUT2D eigenvalue weighted by Gasteiger charge is -2.19. The van der Waals surface area contributed by atoms with Gasteiger partial charge in [-0.05, 0) is 45.9 Å². The van der Waals surface area contributed by atoms with Crippen LogP contribution in [0.4, 0.5) is 0 Å². The van der Waals surface area contributed by atoms with Crippen LogP contribution in [0, 0.1) is 0 Å². The van der Waals surface area contributed by atoms with Crippen LogP contribution in [0.5, 0.6) is 0 Å². The molecule has 0 bridgehead atoms. The third-order valence-electron chi connectivity index (χ3n) is 2.94. The summed E-state index contributed by atoms with van der Waals surface area (Å²) in [6.07, 6.45) is 0. The van der Waals surface area contributed by atoms with Crippen molar-refractivity contribution in [1.82, 2.24) is 9.55 Å². The van der Waals surface area contributed by atoms with E-state index in [0.717, 1.165) is 4.47 Å². The Labute approximate surface area is 147 Å². The van der Waals surface area contributed by atoms with E-state index in [0.29, 0.717) is 22.6 Å². The highest BCUT2D eigenvalue weighted by atomic mass is 79.9. The third-order valence-corrected chi connectivity index (χ3v) is 4.38. The summed E-state index contributed by atoms with van der Waals surface area (Å²) < 4.78 is 7.69. The maximum Gasteiger partial charge on any atom is 0.316 e. The Morgan fingerprint density at radius 1 is 1.39 bits per heavy atom. The molecule has 0 aliphatic rings. The van der Waals surface area contributed by atoms with Crippen molar-refractivity contribution in [2.24, 2.45) is 0 Å². The van der Waals surface area contributed by atoms with Gasteiger partial charge < -0.3 is 4.74 Å². The Kier molecular flexibility index (Phi) is 5.52. The maximum absolute atomic E-state index is 12.6. The molecular formula is C16H19BrN2O3S. The number of halogens is 1. The van der Waals surface area contributed by atoms with Gasteiger partial charge in [0.15, 0.2) is 5.16 Å². The number of benzene rings is 1. The van der Waals surface area contributed by atoms with Gasteiger partial charge in [-0.25, -0.2) is 4.98 Å². The van der Waals surface area contributed by atoms with Gasteiger partial charge in [-0.2, -0.15) is 0 Å². The monoisotopic (exact) mass is 398 g/mol. The van der Waals surface area contributed by atoms with E-state index in [9.17, 15) is 9.59 Å². The molecule has 0 unspecified atom stereocenters. The Balaban J connectivity index is 2.32. The maximum atomic E-state index is 12.6. The molecular weight excluding hydrogens is 380 g/mol. The summed E-state index contributed by atoms with van der Waals surface area (Å²) in [6, 6.07) is 5.39. The van der Waals surface area contributed by atoms with Crippen LogP contribution in [0.2, 0.25) is 0 Å². The van der Waals surface area contributed by atoms with E-state index in [2.05, 4.69) is 20.9 Å². The molecule has 0 aliphatic carbocycles. The molecule has 0 radical (unpaired) electrons. The van der Waals surface area contributed by atoms with Gasteiger partial charge >= 0.3 is 5.97 Å². The molecule has 2 aromatic rings. The molecule has 0 saturated carbocycles. The summed E-state index contributed by atoms with van der Waals surface area (Å²) in [4.78, 5) is 29.0. The summed E-state index contributed by atoms with van der Waals surface area (Å²) >= 11 is 4.59. The van der Waals surface area contributed by atoms with Crippen LogP contribution in [0.3, 0.4) is 0 Å². The van der Waals surface area contributed by atoms with Gasteiger partial charge in [0.05, 0.1) is 16.7 Å². The zero-order valence-corrected chi connectivity index (χ0v) is 16.0. The number of hydrogen-bond donors (Lipinski definition) is 0. The first kappa shape index (κ1) is 18.0. The Morgan fingerprint density at radius 2 is 2.09 bits per heavy atom. The van der Waals surface area contributed by atoms with Crippen molar-refractivity contribution >= 4 is 44.6 Å². The van der Waals surface area contributed by atoms with Crippen molar-refractivity contribution < 1.29 is 9.53 Å². The van der Waals surface area contributed by atoms with E-state index in [1.165, 1.54) is 11.8 Å². The molecule has 124 valence electrons. The molecule has 0 atom stereocenters. The average Bonchev–Trinajstić information content (AvgIpc) is 2.44. The molecule has 1 aromatic heterocycles. The van der Waals surface area contributed by atoms with Crippen LogP contribution < -0.4 is 5.56 Å². The van der Waals surface area contributed by atoms with E-state index in [1.54, 1.807) is 16.7 Å². The Morgan fingerprint density at radius 3 is 2.70 bits per heavy atom. The minimum Gasteiger partial charge on any atom is -0.459 e. The lowest BCUT2D eigenvalue weighted by molar-refractivity contribution is -0.151. The summed E-state index contributed by atoms with van der Waals surface area (Å²) in [7, 11) is 0. The second-order valence-electron chi connectivity index (χ2n) is 5.98. The van der Waals surface area contributed by atoms with Crippen LogP contribution >= 0.6 is 27.7 Å². The zero-order valence-electron chi connectivity index (χ0n) is 13.6. The number of nitrogens with zero attached hydrogens (tertiary/aromatic N) is 2. The largest absolute Gasteiger partial charge is 0.459 e. The fraction of sp³-hybridized carbons (Fsp3) is 0.438. The molecule has 5 nitrogen and oxygen atoms in total. The van der Waals surface area contributed by atoms with E-state index in [-0.39, 0.29) is 17.3 Å². The number of hydrogen-bond acceptors (Lipinski definition) is 5. The fourth-order valence-electron chi connectivity index (χ4n) is 2.06. The molecule has 0 aliphatic heterocycles. The van der Waals surface area contributed by atoms with Gasteiger partial charge in [-0.15, -0.1) is 0 Å². The second kappa shape index (κ2) is 7.05. The second-order valence-corrected chi connectivity index (χ2v) is 7.84. The first-order valence-corrected chi connectivity index (χ1v) is 9.04. The van der Waals surface area contributed by atoms with Crippen LogP contribution in [-0.4, -0.2) is 26.9 Å². The highest BCUT2D eigenvalue weighted by Crippen LogP contribution is 2.21. The summed E-state index contributed by atoms with van der Waals surface area (Å²) in [5.41, 5.74) is -0.00870. The number of ether oxygens (including phenoxy) is 1. The number of fused-ring (bicyclic) bond motifs is 1. The molecule has 7 heteroatoms. The molecule has 1 heterocycles.